The highest BCUT2D eigenvalue weighted by Crippen LogP contribution is 2.22. The zero-order valence-electron chi connectivity index (χ0n) is 10.3. The van der Waals surface area contributed by atoms with E-state index in [1.54, 1.807) is 7.11 Å². The average molecular weight is 234 g/mol. The van der Waals surface area contributed by atoms with E-state index in [-0.39, 0.29) is 0 Å². The van der Waals surface area contributed by atoms with Crippen LogP contribution in [0.3, 0.4) is 0 Å². The normalized spacial score (nSPS) is 17.1. The standard InChI is InChI=1S/C13H18N2O2/c1-11(14-16-2)12-5-3-4-6-13(12)15-7-9-17-10-8-15/h3-6H,7-10H2,1-2H3/b14-11+. The quantitative estimate of drug-likeness (QED) is 0.591. The number of morpholine rings is 1. The fourth-order valence-electron chi connectivity index (χ4n) is 2.05. The number of hydrogen-bond donors (Lipinski definition) is 0. The molecule has 0 saturated carbocycles. The molecule has 1 fully saturated rings. The largest absolute Gasteiger partial charge is 0.399 e. The molecule has 1 aromatic rings. The van der Waals surface area contributed by atoms with Gasteiger partial charge in [-0.05, 0) is 13.0 Å². The van der Waals surface area contributed by atoms with Crippen molar-refractivity contribution in [1.82, 2.24) is 0 Å². The minimum Gasteiger partial charge on any atom is -0.399 e. The van der Waals surface area contributed by atoms with Gasteiger partial charge < -0.3 is 14.5 Å². The molecule has 0 radical (unpaired) electrons. The summed E-state index contributed by atoms with van der Waals surface area (Å²) in [7, 11) is 1.57. The predicted octanol–water partition coefficient (Wildman–Crippen LogP) is 1.89. The van der Waals surface area contributed by atoms with Crippen LogP contribution in [0.5, 0.6) is 0 Å². The smallest absolute Gasteiger partial charge is 0.106 e. The molecular weight excluding hydrogens is 216 g/mol. The SMILES string of the molecule is CO/N=C(\C)c1ccccc1N1CCOCC1. The van der Waals surface area contributed by atoms with Crippen molar-refractivity contribution in [3.05, 3.63) is 29.8 Å². The molecule has 0 aromatic heterocycles. The van der Waals surface area contributed by atoms with Crippen molar-refractivity contribution in [2.45, 2.75) is 6.92 Å². The van der Waals surface area contributed by atoms with E-state index in [1.807, 2.05) is 19.1 Å². The van der Waals surface area contributed by atoms with Crippen LogP contribution in [0.25, 0.3) is 0 Å². The van der Waals surface area contributed by atoms with E-state index in [0.717, 1.165) is 37.6 Å². The van der Waals surface area contributed by atoms with Gasteiger partial charge in [-0.1, -0.05) is 23.4 Å². The Bertz CT molecular complexity index is 398. The first-order chi connectivity index (χ1) is 8.33. The van der Waals surface area contributed by atoms with E-state index in [0.29, 0.717) is 0 Å². The van der Waals surface area contributed by atoms with Gasteiger partial charge in [0.25, 0.3) is 0 Å². The van der Waals surface area contributed by atoms with E-state index in [1.165, 1.54) is 5.69 Å². The molecule has 0 spiro atoms. The van der Waals surface area contributed by atoms with Crippen LogP contribution in [0.15, 0.2) is 29.4 Å². The molecule has 0 bridgehead atoms. The van der Waals surface area contributed by atoms with Gasteiger partial charge in [-0.15, -0.1) is 0 Å². The number of ether oxygens (including phenoxy) is 1. The van der Waals surface area contributed by atoms with Crippen molar-refractivity contribution in [2.24, 2.45) is 5.16 Å². The number of nitrogens with zero attached hydrogens (tertiary/aromatic N) is 2. The molecule has 17 heavy (non-hydrogen) atoms. The van der Waals surface area contributed by atoms with Gasteiger partial charge in [-0.2, -0.15) is 0 Å². The molecule has 0 amide bonds. The third-order valence-corrected chi connectivity index (χ3v) is 2.87. The van der Waals surface area contributed by atoms with Crippen molar-refractivity contribution in [1.29, 1.82) is 0 Å². The van der Waals surface area contributed by atoms with Crippen LogP contribution in [-0.2, 0) is 9.57 Å². The molecule has 4 heteroatoms. The Balaban J connectivity index is 2.29. The lowest BCUT2D eigenvalue weighted by Crippen LogP contribution is -2.37. The maximum absolute atomic E-state index is 5.37. The van der Waals surface area contributed by atoms with Crippen molar-refractivity contribution in [3.63, 3.8) is 0 Å². The molecule has 1 saturated heterocycles. The first-order valence-electron chi connectivity index (χ1n) is 5.83. The summed E-state index contributed by atoms with van der Waals surface area (Å²) < 4.78 is 5.37. The van der Waals surface area contributed by atoms with Gasteiger partial charge in [0, 0.05) is 24.3 Å². The first kappa shape index (κ1) is 11.9. The fraction of sp³-hybridized carbons (Fsp3) is 0.462. The lowest BCUT2D eigenvalue weighted by molar-refractivity contribution is 0.122. The van der Waals surface area contributed by atoms with Gasteiger partial charge in [0.15, 0.2) is 0 Å². The Kier molecular flexibility index (Phi) is 3.98. The summed E-state index contributed by atoms with van der Waals surface area (Å²) >= 11 is 0. The van der Waals surface area contributed by atoms with E-state index >= 15 is 0 Å². The monoisotopic (exact) mass is 234 g/mol. The molecule has 0 aliphatic carbocycles. The zero-order valence-corrected chi connectivity index (χ0v) is 10.3. The number of hydrogen-bond acceptors (Lipinski definition) is 4. The molecule has 4 nitrogen and oxygen atoms in total. The molecule has 1 aromatic carbocycles. The second-order valence-electron chi connectivity index (χ2n) is 3.98. The number of anilines is 1. The molecule has 0 atom stereocenters. The third-order valence-electron chi connectivity index (χ3n) is 2.87. The van der Waals surface area contributed by atoms with Crippen LogP contribution >= 0.6 is 0 Å². The fourth-order valence-corrected chi connectivity index (χ4v) is 2.05. The van der Waals surface area contributed by atoms with Crippen molar-refractivity contribution in [3.8, 4) is 0 Å². The second kappa shape index (κ2) is 5.68. The van der Waals surface area contributed by atoms with Crippen molar-refractivity contribution in [2.75, 3.05) is 38.3 Å². The van der Waals surface area contributed by atoms with Gasteiger partial charge in [0.1, 0.15) is 7.11 Å². The first-order valence-corrected chi connectivity index (χ1v) is 5.83. The van der Waals surface area contributed by atoms with Gasteiger partial charge in [0.2, 0.25) is 0 Å². The molecule has 92 valence electrons. The third kappa shape index (κ3) is 2.77. The van der Waals surface area contributed by atoms with Crippen LogP contribution in [0.2, 0.25) is 0 Å². The minimum absolute atomic E-state index is 0.787. The summed E-state index contributed by atoms with van der Waals surface area (Å²) in [5.74, 6) is 0. The van der Waals surface area contributed by atoms with Gasteiger partial charge >= 0.3 is 0 Å². The lowest BCUT2D eigenvalue weighted by Gasteiger charge is -2.30. The molecule has 1 aliphatic heterocycles. The summed E-state index contributed by atoms with van der Waals surface area (Å²) in [6, 6.07) is 8.26. The van der Waals surface area contributed by atoms with Gasteiger partial charge in [-0.25, -0.2) is 0 Å². The maximum atomic E-state index is 5.37. The van der Waals surface area contributed by atoms with Crippen LogP contribution in [0.1, 0.15) is 12.5 Å². The molecule has 2 rings (SSSR count). The van der Waals surface area contributed by atoms with Crippen LogP contribution in [-0.4, -0.2) is 39.1 Å². The number of rotatable bonds is 3. The zero-order chi connectivity index (χ0) is 12.1. The van der Waals surface area contributed by atoms with Crippen LogP contribution in [0.4, 0.5) is 5.69 Å². The Hall–Kier alpha value is -1.55. The Morgan fingerprint density at radius 1 is 1.29 bits per heavy atom. The van der Waals surface area contributed by atoms with Crippen molar-refractivity contribution < 1.29 is 9.57 Å². The Labute approximate surface area is 102 Å². The van der Waals surface area contributed by atoms with E-state index in [9.17, 15) is 0 Å². The van der Waals surface area contributed by atoms with Crippen molar-refractivity contribution >= 4 is 11.4 Å². The van der Waals surface area contributed by atoms with E-state index < -0.39 is 0 Å². The molecular formula is C13H18N2O2. The highest BCUT2D eigenvalue weighted by Gasteiger charge is 2.15. The summed E-state index contributed by atoms with van der Waals surface area (Å²) in [6.07, 6.45) is 0. The van der Waals surface area contributed by atoms with Gasteiger partial charge in [-0.3, -0.25) is 0 Å². The predicted molar refractivity (Wildman–Crippen MR) is 68.7 cm³/mol. The highest BCUT2D eigenvalue weighted by molar-refractivity contribution is 6.03. The molecule has 1 aliphatic rings. The Morgan fingerprint density at radius 2 is 2.00 bits per heavy atom. The average Bonchev–Trinajstić information content (AvgIpc) is 2.40. The topological polar surface area (TPSA) is 34.1 Å². The van der Waals surface area contributed by atoms with Crippen LogP contribution < -0.4 is 4.90 Å². The Morgan fingerprint density at radius 3 is 2.71 bits per heavy atom. The van der Waals surface area contributed by atoms with Gasteiger partial charge in [0.05, 0.1) is 18.9 Å². The number of oxime groups is 1. The molecule has 0 unspecified atom stereocenters. The van der Waals surface area contributed by atoms with E-state index in [4.69, 9.17) is 9.57 Å². The summed E-state index contributed by atoms with van der Waals surface area (Å²) in [5, 5.41) is 4.01. The summed E-state index contributed by atoms with van der Waals surface area (Å²) in [4.78, 5) is 7.17. The van der Waals surface area contributed by atoms with E-state index in [2.05, 4.69) is 22.2 Å². The lowest BCUT2D eigenvalue weighted by atomic mass is 10.1. The number of benzene rings is 1. The summed E-state index contributed by atoms with van der Waals surface area (Å²) in [6.45, 7) is 5.39. The maximum Gasteiger partial charge on any atom is 0.106 e. The molecule has 1 heterocycles. The van der Waals surface area contributed by atoms with Crippen LogP contribution in [0, 0.1) is 0 Å². The highest BCUT2D eigenvalue weighted by atomic mass is 16.6. The number of para-hydroxylation sites is 1. The summed E-state index contributed by atoms with van der Waals surface area (Å²) in [5.41, 5.74) is 3.22. The minimum atomic E-state index is 0.787. The molecule has 0 N–H and O–H groups in total. The second-order valence-corrected chi connectivity index (χ2v) is 3.98.